The number of hydrogen-bond acceptors (Lipinski definition) is 6. The quantitative estimate of drug-likeness (QED) is 0.275. The van der Waals surface area contributed by atoms with E-state index in [2.05, 4.69) is 25.9 Å². The SMILES string of the molecule is Nc1ccccc1NC(=O)CCCCCCC(=O)c1cccc(-c2nn[nH]n2)c1. The van der Waals surface area contributed by atoms with E-state index in [0.717, 1.165) is 31.2 Å². The van der Waals surface area contributed by atoms with Crippen molar-refractivity contribution in [1.29, 1.82) is 0 Å². The number of aromatic amines is 1. The summed E-state index contributed by atoms with van der Waals surface area (Å²) in [5, 5.41) is 16.6. The molecule has 3 rings (SSSR count). The molecule has 8 nitrogen and oxygen atoms in total. The van der Waals surface area contributed by atoms with Gasteiger partial charge in [0.15, 0.2) is 5.78 Å². The zero-order chi connectivity index (χ0) is 20.5. The molecule has 0 spiro atoms. The van der Waals surface area contributed by atoms with E-state index in [0.29, 0.717) is 35.6 Å². The van der Waals surface area contributed by atoms with Gasteiger partial charge in [-0.1, -0.05) is 43.2 Å². The second-order valence-electron chi connectivity index (χ2n) is 6.79. The van der Waals surface area contributed by atoms with Gasteiger partial charge >= 0.3 is 0 Å². The van der Waals surface area contributed by atoms with Crippen LogP contribution in [0.1, 0.15) is 48.9 Å². The van der Waals surface area contributed by atoms with E-state index in [1.54, 1.807) is 24.3 Å². The number of tetrazole rings is 1. The second kappa shape index (κ2) is 10.1. The molecule has 1 amide bonds. The number of nitrogen functional groups attached to an aromatic ring is 1. The number of nitrogens with zero attached hydrogens (tertiary/aromatic N) is 3. The molecule has 4 N–H and O–H groups in total. The average molecular weight is 392 g/mol. The van der Waals surface area contributed by atoms with Crippen molar-refractivity contribution in [3.05, 3.63) is 54.1 Å². The number of para-hydroxylation sites is 2. The molecule has 1 heterocycles. The molecule has 8 heteroatoms. The number of benzene rings is 2. The first-order valence-corrected chi connectivity index (χ1v) is 9.65. The van der Waals surface area contributed by atoms with E-state index in [1.807, 2.05) is 24.3 Å². The van der Waals surface area contributed by atoms with Crippen LogP contribution in [0.3, 0.4) is 0 Å². The standard InChI is InChI=1S/C21H24N6O2/c22-17-10-5-6-11-18(17)23-20(29)13-4-2-1-3-12-19(28)15-8-7-9-16(14-15)21-24-26-27-25-21/h5-11,14H,1-4,12-13,22H2,(H,23,29)(H,24,25,26,27). The minimum absolute atomic E-state index is 0.0442. The third-order valence-corrected chi connectivity index (χ3v) is 4.58. The molecular formula is C21H24N6O2. The second-order valence-corrected chi connectivity index (χ2v) is 6.79. The molecule has 150 valence electrons. The van der Waals surface area contributed by atoms with Gasteiger partial charge in [0.25, 0.3) is 0 Å². The van der Waals surface area contributed by atoms with Crippen molar-refractivity contribution in [1.82, 2.24) is 20.6 Å². The number of carbonyl (C=O) groups excluding carboxylic acids is 2. The Bertz CT molecular complexity index is 955. The minimum atomic E-state index is -0.0442. The van der Waals surface area contributed by atoms with Crippen molar-refractivity contribution < 1.29 is 9.59 Å². The summed E-state index contributed by atoms with van der Waals surface area (Å²) >= 11 is 0. The van der Waals surface area contributed by atoms with Crippen molar-refractivity contribution in [2.24, 2.45) is 0 Å². The van der Waals surface area contributed by atoms with E-state index in [9.17, 15) is 9.59 Å². The molecule has 0 radical (unpaired) electrons. The van der Waals surface area contributed by atoms with Gasteiger partial charge in [0.1, 0.15) is 0 Å². The number of anilines is 2. The van der Waals surface area contributed by atoms with E-state index in [4.69, 9.17) is 5.73 Å². The molecule has 0 bridgehead atoms. The van der Waals surface area contributed by atoms with Gasteiger partial charge in [-0.15, -0.1) is 10.2 Å². The van der Waals surface area contributed by atoms with Gasteiger partial charge in [-0.05, 0) is 36.3 Å². The number of Topliss-reactive ketones (excluding diaryl/α,β-unsaturated/α-hetero) is 1. The van der Waals surface area contributed by atoms with Crippen LogP contribution in [0.25, 0.3) is 11.4 Å². The smallest absolute Gasteiger partial charge is 0.224 e. The lowest BCUT2D eigenvalue weighted by Crippen LogP contribution is -2.12. The van der Waals surface area contributed by atoms with Crippen molar-refractivity contribution in [2.45, 2.75) is 38.5 Å². The maximum absolute atomic E-state index is 12.4. The largest absolute Gasteiger partial charge is 0.397 e. The number of unbranched alkanes of at least 4 members (excludes halogenated alkanes) is 3. The molecule has 0 aliphatic rings. The Kier molecular flexibility index (Phi) is 7.05. The summed E-state index contributed by atoms with van der Waals surface area (Å²) < 4.78 is 0. The molecule has 0 fully saturated rings. The van der Waals surface area contributed by atoms with Gasteiger partial charge in [-0.3, -0.25) is 9.59 Å². The third-order valence-electron chi connectivity index (χ3n) is 4.58. The number of carbonyl (C=O) groups is 2. The Labute approximate surface area is 168 Å². The van der Waals surface area contributed by atoms with Crippen LogP contribution in [0, 0.1) is 0 Å². The number of aromatic nitrogens is 4. The molecule has 0 unspecified atom stereocenters. The van der Waals surface area contributed by atoms with E-state index in [1.165, 1.54) is 0 Å². The van der Waals surface area contributed by atoms with Crippen LogP contribution in [0.4, 0.5) is 11.4 Å². The van der Waals surface area contributed by atoms with Gasteiger partial charge in [-0.2, -0.15) is 5.21 Å². The van der Waals surface area contributed by atoms with Gasteiger partial charge in [0.05, 0.1) is 11.4 Å². The highest BCUT2D eigenvalue weighted by Crippen LogP contribution is 2.19. The summed E-state index contributed by atoms with van der Waals surface area (Å²) in [4.78, 5) is 24.4. The average Bonchev–Trinajstić information content (AvgIpc) is 3.27. The molecule has 0 aliphatic heterocycles. The Morgan fingerprint density at radius 3 is 2.52 bits per heavy atom. The van der Waals surface area contributed by atoms with Crippen LogP contribution in [0.15, 0.2) is 48.5 Å². The first kappa shape index (κ1) is 20.2. The topological polar surface area (TPSA) is 127 Å². The number of H-pyrrole nitrogens is 1. The van der Waals surface area contributed by atoms with Crippen molar-refractivity contribution in [3.63, 3.8) is 0 Å². The summed E-state index contributed by atoms with van der Waals surface area (Å²) in [5.41, 5.74) is 8.43. The maximum atomic E-state index is 12.4. The zero-order valence-electron chi connectivity index (χ0n) is 16.1. The van der Waals surface area contributed by atoms with Crippen molar-refractivity contribution in [2.75, 3.05) is 11.1 Å². The highest BCUT2D eigenvalue weighted by molar-refractivity contribution is 5.97. The summed E-state index contributed by atoms with van der Waals surface area (Å²) in [7, 11) is 0. The first-order valence-electron chi connectivity index (χ1n) is 9.65. The molecule has 29 heavy (non-hydrogen) atoms. The van der Waals surface area contributed by atoms with E-state index < -0.39 is 0 Å². The first-order chi connectivity index (χ1) is 14.1. The number of nitrogens with one attached hydrogen (secondary N) is 2. The molecule has 2 aromatic carbocycles. The number of amides is 1. The lowest BCUT2D eigenvalue weighted by Gasteiger charge is -2.07. The lowest BCUT2D eigenvalue weighted by molar-refractivity contribution is -0.116. The van der Waals surface area contributed by atoms with Crippen LogP contribution in [0.2, 0.25) is 0 Å². The van der Waals surface area contributed by atoms with E-state index in [-0.39, 0.29) is 11.7 Å². The van der Waals surface area contributed by atoms with Gasteiger partial charge in [-0.25, -0.2) is 0 Å². The Balaban J connectivity index is 1.34. The van der Waals surface area contributed by atoms with Crippen molar-refractivity contribution >= 4 is 23.1 Å². The molecule has 0 atom stereocenters. The molecule has 0 aliphatic carbocycles. The summed E-state index contributed by atoms with van der Waals surface area (Å²) in [6.07, 6.45) is 4.28. The summed E-state index contributed by atoms with van der Waals surface area (Å²) in [6.45, 7) is 0. The highest BCUT2D eigenvalue weighted by Gasteiger charge is 2.10. The predicted octanol–water partition coefficient (Wildman–Crippen LogP) is 3.61. The monoisotopic (exact) mass is 392 g/mol. The Hall–Kier alpha value is -3.55. The maximum Gasteiger partial charge on any atom is 0.224 e. The number of ketones is 1. The van der Waals surface area contributed by atoms with Crippen LogP contribution in [-0.4, -0.2) is 32.3 Å². The van der Waals surface area contributed by atoms with E-state index >= 15 is 0 Å². The normalized spacial score (nSPS) is 10.6. The minimum Gasteiger partial charge on any atom is -0.397 e. The molecule has 3 aromatic rings. The van der Waals surface area contributed by atoms with Gasteiger partial charge in [0, 0.05) is 24.0 Å². The number of rotatable bonds is 10. The Morgan fingerprint density at radius 2 is 1.76 bits per heavy atom. The molecular weight excluding hydrogens is 368 g/mol. The molecule has 0 saturated heterocycles. The van der Waals surface area contributed by atoms with Crippen molar-refractivity contribution in [3.8, 4) is 11.4 Å². The van der Waals surface area contributed by atoms with Crippen LogP contribution < -0.4 is 11.1 Å². The predicted molar refractivity (Wildman–Crippen MR) is 111 cm³/mol. The molecule has 1 aromatic heterocycles. The number of nitrogens with two attached hydrogens (primary N) is 1. The van der Waals surface area contributed by atoms with Crippen LogP contribution >= 0.6 is 0 Å². The lowest BCUT2D eigenvalue weighted by atomic mass is 10.0. The zero-order valence-corrected chi connectivity index (χ0v) is 16.1. The van der Waals surface area contributed by atoms with Gasteiger partial charge < -0.3 is 11.1 Å². The summed E-state index contributed by atoms with van der Waals surface area (Å²) in [5.74, 6) is 0.514. The van der Waals surface area contributed by atoms with Crippen LogP contribution in [-0.2, 0) is 4.79 Å². The fraction of sp³-hybridized carbons (Fsp3) is 0.286. The van der Waals surface area contributed by atoms with Crippen LogP contribution in [0.5, 0.6) is 0 Å². The summed E-state index contributed by atoms with van der Waals surface area (Å²) in [6, 6.07) is 14.4. The number of hydrogen-bond donors (Lipinski definition) is 3. The highest BCUT2D eigenvalue weighted by atomic mass is 16.1. The third kappa shape index (κ3) is 5.97. The Morgan fingerprint density at radius 1 is 0.966 bits per heavy atom. The van der Waals surface area contributed by atoms with Gasteiger partial charge in [0.2, 0.25) is 11.7 Å². The fourth-order valence-electron chi connectivity index (χ4n) is 3.01. The molecule has 0 saturated carbocycles. The fourth-order valence-corrected chi connectivity index (χ4v) is 3.01.